The van der Waals surface area contributed by atoms with Gasteiger partial charge in [-0.15, -0.1) is 11.3 Å². The van der Waals surface area contributed by atoms with Gasteiger partial charge in [0.25, 0.3) is 0 Å². The average Bonchev–Trinajstić information content (AvgIpc) is 3.74. The van der Waals surface area contributed by atoms with Gasteiger partial charge in [0, 0.05) is 37.1 Å². The Morgan fingerprint density at radius 2 is 1.31 bits per heavy atom. The van der Waals surface area contributed by atoms with Gasteiger partial charge < -0.3 is 0 Å². The van der Waals surface area contributed by atoms with Crippen LogP contribution in [0.5, 0.6) is 0 Å². The van der Waals surface area contributed by atoms with Crippen molar-refractivity contribution in [3.63, 3.8) is 0 Å². The number of aromatic nitrogens is 3. The minimum atomic E-state index is 0.393. The van der Waals surface area contributed by atoms with Crippen LogP contribution in [-0.4, -0.2) is 14.5 Å². The molecule has 1 aliphatic carbocycles. The van der Waals surface area contributed by atoms with Gasteiger partial charge in [0.2, 0.25) is 5.95 Å². The van der Waals surface area contributed by atoms with Gasteiger partial charge in [-0.3, -0.25) is 4.57 Å². The van der Waals surface area contributed by atoms with Crippen LogP contribution in [0.1, 0.15) is 24.6 Å². The quantitative estimate of drug-likeness (QED) is 0.182. The van der Waals surface area contributed by atoms with Crippen LogP contribution in [0, 0.1) is 5.92 Å². The summed E-state index contributed by atoms with van der Waals surface area (Å²) in [5.74, 6) is 1.07. The minimum absolute atomic E-state index is 0.393. The number of thiophene rings is 1. The molecular weight excluding hydrogens is 639 g/mol. The van der Waals surface area contributed by atoms with E-state index in [1.165, 1.54) is 64.3 Å². The van der Waals surface area contributed by atoms with Gasteiger partial charge >= 0.3 is 0 Å². The first-order valence-corrected chi connectivity index (χ1v) is 18.4. The molecule has 3 nitrogen and oxygen atoms in total. The highest BCUT2D eigenvalue weighted by Crippen LogP contribution is 2.42. The lowest BCUT2D eigenvalue weighted by molar-refractivity contribution is 0.751. The van der Waals surface area contributed by atoms with E-state index in [-0.39, 0.29) is 0 Å². The van der Waals surface area contributed by atoms with Crippen LogP contribution in [-0.2, 0) is 0 Å². The smallest absolute Gasteiger partial charge is 0.235 e. The van der Waals surface area contributed by atoms with Crippen LogP contribution in [0.3, 0.4) is 0 Å². The van der Waals surface area contributed by atoms with Crippen LogP contribution in [0.2, 0.25) is 0 Å². The van der Waals surface area contributed by atoms with E-state index in [0.717, 1.165) is 28.7 Å². The molecule has 0 bridgehead atoms. The Labute approximate surface area is 300 Å². The third-order valence-corrected chi connectivity index (χ3v) is 11.4. The molecular formula is C47H33N3S. The maximum atomic E-state index is 5.24. The maximum absolute atomic E-state index is 5.24. The van der Waals surface area contributed by atoms with Crippen LogP contribution in [0.15, 0.2) is 164 Å². The summed E-state index contributed by atoms with van der Waals surface area (Å²) in [6, 6.07) is 52.4. The number of benzene rings is 6. The highest BCUT2D eigenvalue weighted by Gasteiger charge is 2.19. The fourth-order valence-corrected chi connectivity index (χ4v) is 9.06. The molecule has 6 aromatic carbocycles. The first-order chi connectivity index (χ1) is 25.2. The first-order valence-electron chi connectivity index (χ1n) is 17.5. The number of nitrogens with zero attached hydrogens (tertiary/aromatic N) is 3. The van der Waals surface area contributed by atoms with Crippen LogP contribution < -0.4 is 0 Å². The number of para-hydroxylation sites is 1. The molecule has 4 heteroatoms. The molecule has 1 unspecified atom stereocenters. The molecule has 0 fully saturated rings. The summed E-state index contributed by atoms with van der Waals surface area (Å²) in [7, 11) is 0. The predicted molar refractivity (Wildman–Crippen MR) is 216 cm³/mol. The van der Waals surface area contributed by atoms with E-state index < -0.39 is 0 Å². The van der Waals surface area contributed by atoms with E-state index in [9.17, 15) is 0 Å². The fraction of sp³-hybridized carbons (Fsp3) is 0.0638. The second kappa shape index (κ2) is 12.0. The third-order valence-electron chi connectivity index (χ3n) is 10.2. The average molecular weight is 672 g/mol. The Balaban J connectivity index is 1.05. The zero-order chi connectivity index (χ0) is 33.9. The standard InChI is InChI=1S/C47H33N3S/c1-30-26-35(33-20-18-32(19-21-33)31-10-3-2-4-11-31)28-36(27-30)42-24-25-48-47(49-42)50-43-16-7-5-12-38(43)41-29-34(22-23-44(41)50)37-14-9-15-40-39-13-6-8-17-45(39)51-46(37)40/h2-25,27-30H,26H2,1H3. The second-order valence-electron chi connectivity index (χ2n) is 13.5. The largest absolute Gasteiger partial charge is 0.278 e. The number of fused-ring (bicyclic) bond motifs is 6. The zero-order valence-corrected chi connectivity index (χ0v) is 28.9. The molecule has 0 spiro atoms. The lowest BCUT2D eigenvalue weighted by atomic mass is 9.86. The van der Waals surface area contributed by atoms with Crippen LogP contribution >= 0.6 is 11.3 Å². The lowest BCUT2D eigenvalue weighted by Gasteiger charge is -2.20. The van der Waals surface area contributed by atoms with Crippen molar-refractivity contribution in [3.8, 4) is 28.2 Å². The van der Waals surface area contributed by atoms with Crippen molar-refractivity contribution in [2.24, 2.45) is 5.92 Å². The Morgan fingerprint density at radius 1 is 0.608 bits per heavy atom. The van der Waals surface area contributed by atoms with E-state index in [1.807, 2.05) is 23.6 Å². The Kier molecular flexibility index (Phi) is 7.03. The summed E-state index contributed by atoms with van der Waals surface area (Å²) in [5, 5.41) is 5.02. The summed E-state index contributed by atoms with van der Waals surface area (Å²) in [6.07, 6.45) is 7.56. The van der Waals surface area contributed by atoms with Gasteiger partial charge in [-0.1, -0.05) is 128 Å². The topological polar surface area (TPSA) is 30.7 Å². The summed E-state index contributed by atoms with van der Waals surface area (Å²) in [4.78, 5) is 10.1. The highest BCUT2D eigenvalue weighted by molar-refractivity contribution is 7.26. The van der Waals surface area contributed by atoms with Crippen LogP contribution in [0.4, 0.5) is 0 Å². The van der Waals surface area contributed by atoms with Crippen molar-refractivity contribution in [2.75, 3.05) is 0 Å². The Morgan fingerprint density at radius 3 is 2.20 bits per heavy atom. The lowest BCUT2D eigenvalue weighted by Crippen LogP contribution is -2.05. The molecule has 1 atom stereocenters. The van der Waals surface area contributed by atoms with Crippen molar-refractivity contribution in [3.05, 3.63) is 175 Å². The first kappa shape index (κ1) is 29.8. The zero-order valence-electron chi connectivity index (χ0n) is 28.1. The molecule has 3 heterocycles. The monoisotopic (exact) mass is 671 g/mol. The van der Waals surface area contributed by atoms with Crippen LogP contribution in [0.25, 0.3) is 81.3 Å². The van der Waals surface area contributed by atoms with Gasteiger partial charge in [-0.2, -0.15) is 0 Å². The second-order valence-corrected chi connectivity index (χ2v) is 14.6. The Bertz CT molecular complexity index is 2840. The van der Waals surface area contributed by atoms with E-state index in [2.05, 4.69) is 163 Å². The molecule has 10 rings (SSSR count). The number of hydrogen-bond acceptors (Lipinski definition) is 3. The van der Waals surface area contributed by atoms with Gasteiger partial charge in [-0.25, -0.2) is 9.97 Å². The molecule has 0 N–H and O–H groups in total. The molecule has 0 saturated heterocycles. The molecule has 1 aliphatic rings. The summed E-state index contributed by atoms with van der Waals surface area (Å²) >= 11 is 1.87. The summed E-state index contributed by atoms with van der Waals surface area (Å²) < 4.78 is 4.87. The normalized spacial score (nSPS) is 14.7. The number of rotatable bonds is 5. The molecule has 3 aromatic heterocycles. The molecule has 9 aromatic rings. The Hall–Kier alpha value is -6.10. The fourth-order valence-electron chi connectivity index (χ4n) is 7.82. The van der Waals surface area contributed by atoms with Crippen molar-refractivity contribution >= 4 is 64.5 Å². The summed E-state index contributed by atoms with van der Waals surface area (Å²) in [6.45, 7) is 2.29. The molecule has 0 amide bonds. The molecule has 0 saturated carbocycles. The molecule has 51 heavy (non-hydrogen) atoms. The predicted octanol–water partition coefficient (Wildman–Crippen LogP) is 12.8. The van der Waals surface area contributed by atoms with E-state index in [4.69, 9.17) is 9.97 Å². The van der Waals surface area contributed by atoms with Gasteiger partial charge in [0.1, 0.15) is 0 Å². The van der Waals surface area contributed by atoms with Crippen molar-refractivity contribution in [1.29, 1.82) is 0 Å². The minimum Gasteiger partial charge on any atom is -0.278 e. The third kappa shape index (κ3) is 5.10. The molecule has 0 aliphatic heterocycles. The van der Waals surface area contributed by atoms with Gasteiger partial charge in [0.05, 0.1) is 16.7 Å². The molecule has 242 valence electrons. The van der Waals surface area contributed by atoms with E-state index >= 15 is 0 Å². The van der Waals surface area contributed by atoms with E-state index in [1.54, 1.807) is 0 Å². The van der Waals surface area contributed by atoms with Gasteiger partial charge in [0.15, 0.2) is 0 Å². The van der Waals surface area contributed by atoms with Gasteiger partial charge in [-0.05, 0) is 87.7 Å². The maximum Gasteiger partial charge on any atom is 0.235 e. The SMILES string of the molecule is CC1C=C(c2ccnc(-n3c4ccccc4c4cc(-c5cccc6c5sc5ccccc56)ccc43)n2)C=C(c2ccc(-c3ccccc3)cc2)C1. The molecule has 0 radical (unpaired) electrons. The van der Waals surface area contributed by atoms with Crippen molar-refractivity contribution in [1.82, 2.24) is 14.5 Å². The number of allylic oxidation sites excluding steroid dienone is 4. The number of hydrogen-bond donors (Lipinski definition) is 0. The van der Waals surface area contributed by atoms with E-state index in [0.29, 0.717) is 11.9 Å². The van der Waals surface area contributed by atoms with Crippen molar-refractivity contribution < 1.29 is 0 Å². The highest BCUT2D eigenvalue weighted by atomic mass is 32.1. The summed E-state index contributed by atoms with van der Waals surface area (Å²) in [5.41, 5.74) is 11.8. The van der Waals surface area contributed by atoms with Crippen molar-refractivity contribution in [2.45, 2.75) is 13.3 Å².